The highest BCUT2D eigenvalue weighted by atomic mass is 32.1. The molecule has 0 radical (unpaired) electrons. The molecule has 0 aliphatic carbocycles. The zero-order chi connectivity index (χ0) is 21.3. The van der Waals surface area contributed by atoms with Gasteiger partial charge < -0.3 is 19.9 Å². The molecule has 2 N–H and O–H groups in total. The van der Waals surface area contributed by atoms with Crippen molar-refractivity contribution in [1.82, 2.24) is 20.3 Å². The van der Waals surface area contributed by atoms with Crippen LogP contribution >= 0.6 is 11.3 Å². The average molecular weight is 422 g/mol. The number of H-pyrrole nitrogens is 1. The number of benzene rings is 1. The summed E-state index contributed by atoms with van der Waals surface area (Å²) in [7, 11) is 5.39. The number of nitrogens with one attached hydrogen (secondary N) is 2. The van der Waals surface area contributed by atoms with E-state index in [4.69, 9.17) is 9.72 Å². The summed E-state index contributed by atoms with van der Waals surface area (Å²) in [5.74, 6) is 1.87. The van der Waals surface area contributed by atoms with Crippen molar-refractivity contribution in [2.45, 2.75) is 13.5 Å². The van der Waals surface area contributed by atoms with E-state index in [9.17, 15) is 4.79 Å². The highest BCUT2D eigenvalue weighted by Crippen LogP contribution is 2.28. The Labute approximate surface area is 178 Å². The van der Waals surface area contributed by atoms with Gasteiger partial charge in [-0.05, 0) is 48.2 Å². The van der Waals surface area contributed by atoms with Crippen molar-refractivity contribution in [3.63, 3.8) is 0 Å². The third kappa shape index (κ3) is 3.99. The second kappa shape index (κ2) is 8.16. The lowest BCUT2D eigenvalue weighted by atomic mass is 10.2. The van der Waals surface area contributed by atoms with Crippen LogP contribution in [0, 0.1) is 6.92 Å². The maximum atomic E-state index is 12.9. The highest BCUT2D eigenvalue weighted by molar-refractivity contribution is 7.13. The number of carbonyl (C=O) groups excluding carboxylic acids is 1. The summed E-state index contributed by atoms with van der Waals surface area (Å²) in [6.45, 7) is 2.34. The fraction of sp³-hybridized carbons (Fsp3) is 0.227. The number of aromatic amines is 1. The van der Waals surface area contributed by atoms with E-state index >= 15 is 0 Å². The van der Waals surface area contributed by atoms with Crippen LogP contribution in [0.1, 0.15) is 21.7 Å². The molecule has 4 aromatic rings. The van der Waals surface area contributed by atoms with E-state index in [2.05, 4.69) is 33.7 Å². The van der Waals surface area contributed by atoms with Crippen LogP contribution in [0.2, 0.25) is 0 Å². The number of thiophene rings is 1. The maximum absolute atomic E-state index is 12.9. The lowest BCUT2D eigenvalue weighted by Gasteiger charge is -2.16. The topological polar surface area (TPSA) is 83.1 Å². The molecule has 4 rings (SSSR count). The van der Waals surface area contributed by atoms with Gasteiger partial charge in [-0.1, -0.05) is 0 Å². The zero-order valence-electron chi connectivity index (χ0n) is 17.3. The molecule has 0 atom stereocenters. The van der Waals surface area contributed by atoms with Crippen molar-refractivity contribution >= 4 is 34.1 Å². The van der Waals surface area contributed by atoms with E-state index in [1.54, 1.807) is 18.4 Å². The number of hydrogen-bond donors (Lipinski definition) is 2. The standard InChI is InChI=1S/C22H23N5O2S/c1-13-9-19(30-12-13)17-8-6-15(21(26-17)27(2)3)22(28)23-11-20-24-16-7-5-14(29-4)10-18(16)25-20/h5-10,12H,11H2,1-4H3,(H,23,28)(H,24,25). The summed E-state index contributed by atoms with van der Waals surface area (Å²) in [4.78, 5) is 28.3. The average Bonchev–Trinajstić information content (AvgIpc) is 3.36. The molecule has 0 fully saturated rings. The first kappa shape index (κ1) is 19.9. The summed E-state index contributed by atoms with van der Waals surface area (Å²) < 4.78 is 5.24. The predicted molar refractivity (Wildman–Crippen MR) is 120 cm³/mol. The van der Waals surface area contributed by atoms with E-state index in [1.165, 1.54) is 5.56 Å². The van der Waals surface area contributed by atoms with Crippen LogP contribution in [-0.2, 0) is 6.54 Å². The fourth-order valence-electron chi connectivity index (χ4n) is 3.18. The lowest BCUT2D eigenvalue weighted by Crippen LogP contribution is -2.26. The SMILES string of the molecule is COc1ccc2nc(CNC(=O)c3ccc(-c4cc(C)cs4)nc3N(C)C)[nH]c2c1. The maximum Gasteiger partial charge on any atom is 0.255 e. The fourth-order valence-corrected chi connectivity index (χ4v) is 4.05. The molecular formula is C22H23N5O2S. The van der Waals surface area contributed by atoms with Gasteiger partial charge in [0.15, 0.2) is 0 Å². The van der Waals surface area contributed by atoms with Crippen LogP contribution < -0.4 is 15.0 Å². The van der Waals surface area contributed by atoms with Crippen LogP contribution in [-0.4, -0.2) is 42.1 Å². The van der Waals surface area contributed by atoms with Gasteiger partial charge in [0.25, 0.3) is 5.91 Å². The minimum atomic E-state index is -0.196. The Morgan fingerprint density at radius 1 is 1.20 bits per heavy atom. The van der Waals surface area contributed by atoms with Crippen molar-refractivity contribution in [2.24, 2.45) is 0 Å². The van der Waals surface area contributed by atoms with Crippen molar-refractivity contribution in [1.29, 1.82) is 0 Å². The lowest BCUT2D eigenvalue weighted by molar-refractivity contribution is 0.0950. The third-order valence-electron chi connectivity index (χ3n) is 4.68. The minimum absolute atomic E-state index is 0.196. The van der Waals surface area contributed by atoms with Gasteiger partial charge in [0.1, 0.15) is 17.4 Å². The number of fused-ring (bicyclic) bond motifs is 1. The second-order valence-electron chi connectivity index (χ2n) is 7.20. The van der Waals surface area contributed by atoms with Gasteiger partial charge in [-0.25, -0.2) is 9.97 Å². The van der Waals surface area contributed by atoms with Crippen LogP contribution in [0.4, 0.5) is 5.82 Å². The van der Waals surface area contributed by atoms with E-state index in [1.807, 2.05) is 49.3 Å². The Morgan fingerprint density at radius 3 is 2.73 bits per heavy atom. The van der Waals surface area contributed by atoms with Gasteiger partial charge in [-0.15, -0.1) is 11.3 Å². The number of methoxy groups -OCH3 is 1. The summed E-state index contributed by atoms with van der Waals surface area (Å²) in [6.07, 6.45) is 0. The molecule has 0 aliphatic heterocycles. The molecule has 3 aromatic heterocycles. The number of carbonyl (C=O) groups is 1. The molecule has 7 nitrogen and oxygen atoms in total. The van der Waals surface area contributed by atoms with Crippen LogP contribution in [0.15, 0.2) is 41.8 Å². The minimum Gasteiger partial charge on any atom is -0.497 e. The molecule has 154 valence electrons. The van der Waals surface area contributed by atoms with Crippen molar-refractivity contribution in [3.8, 4) is 16.3 Å². The number of amides is 1. The number of aryl methyl sites for hydroxylation is 1. The molecule has 1 aromatic carbocycles. The Balaban J connectivity index is 1.54. The molecule has 0 saturated carbocycles. The number of aromatic nitrogens is 3. The van der Waals surface area contributed by atoms with E-state index in [0.717, 1.165) is 27.4 Å². The summed E-state index contributed by atoms with van der Waals surface area (Å²) in [5, 5.41) is 5.03. The first-order chi connectivity index (χ1) is 14.4. The van der Waals surface area contributed by atoms with Gasteiger partial charge in [0, 0.05) is 20.2 Å². The van der Waals surface area contributed by atoms with Crippen molar-refractivity contribution in [2.75, 3.05) is 26.1 Å². The molecule has 0 saturated heterocycles. The summed E-state index contributed by atoms with van der Waals surface area (Å²) in [6, 6.07) is 11.4. The van der Waals surface area contributed by atoms with Gasteiger partial charge in [-0.2, -0.15) is 0 Å². The summed E-state index contributed by atoms with van der Waals surface area (Å²) >= 11 is 1.65. The van der Waals surface area contributed by atoms with Crippen molar-refractivity contribution in [3.05, 3.63) is 58.7 Å². The number of rotatable bonds is 6. The van der Waals surface area contributed by atoms with Gasteiger partial charge in [0.2, 0.25) is 0 Å². The Hall–Kier alpha value is -3.39. The molecule has 0 aliphatic rings. The molecule has 8 heteroatoms. The Kier molecular flexibility index (Phi) is 5.41. The molecule has 3 heterocycles. The monoisotopic (exact) mass is 421 g/mol. The first-order valence-corrected chi connectivity index (χ1v) is 10.4. The van der Waals surface area contributed by atoms with Crippen LogP contribution in [0.5, 0.6) is 5.75 Å². The number of imidazole rings is 1. The largest absolute Gasteiger partial charge is 0.497 e. The Morgan fingerprint density at radius 2 is 2.03 bits per heavy atom. The van der Waals surface area contributed by atoms with E-state index in [0.29, 0.717) is 17.2 Å². The number of nitrogens with zero attached hydrogens (tertiary/aromatic N) is 3. The number of anilines is 1. The normalized spacial score (nSPS) is 10.9. The molecule has 0 spiro atoms. The van der Waals surface area contributed by atoms with Gasteiger partial charge >= 0.3 is 0 Å². The highest BCUT2D eigenvalue weighted by Gasteiger charge is 2.17. The number of ether oxygens (including phenoxy) is 1. The number of pyridine rings is 1. The van der Waals surface area contributed by atoms with Crippen LogP contribution in [0.3, 0.4) is 0 Å². The second-order valence-corrected chi connectivity index (χ2v) is 8.11. The molecule has 0 unspecified atom stereocenters. The number of hydrogen-bond acceptors (Lipinski definition) is 6. The smallest absolute Gasteiger partial charge is 0.255 e. The molecule has 0 bridgehead atoms. The van der Waals surface area contributed by atoms with Gasteiger partial charge in [-0.3, -0.25) is 4.79 Å². The molecule has 1 amide bonds. The quantitative estimate of drug-likeness (QED) is 0.492. The molecule has 30 heavy (non-hydrogen) atoms. The Bertz CT molecular complexity index is 1210. The predicted octanol–water partition coefficient (Wildman–Crippen LogP) is 4.00. The van der Waals surface area contributed by atoms with E-state index in [-0.39, 0.29) is 12.5 Å². The zero-order valence-corrected chi connectivity index (χ0v) is 18.1. The van der Waals surface area contributed by atoms with Gasteiger partial charge in [0.05, 0.1) is 40.8 Å². The van der Waals surface area contributed by atoms with Crippen molar-refractivity contribution < 1.29 is 9.53 Å². The molecular weight excluding hydrogens is 398 g/mol. The first-order valence-electron chi connectivity index (χ1n) is 9.49. The van der Waals surface area contributed by atoms with Crippen LogP contribution in [0.25, 0.3) is 21.6 Å². The van der Waals surface area contributed by atoms with E-state index < -0.39 is 0 Å². The summed E-state index contributed by atoms with van der Waals surface area (Å²) in [5.41, 5.74) is 4.28. The third-order valence-corrected chi connectivity index (χ3v) is 5.75.